The summed E-state index contributed by atoms with van der Waals surface area (Å²) in [4.78, 5) is 2.20. The van der Waals surface area contributed by atoms with Crippen molar-refractivity contribution in [3.8, 4) is 5.75 Å². The van der Waals surface area contributed by atoms with Crippen LogP contribution < -0.4 is 4.74 Å². The van der Waals surface area contributed by atoms with E-state index in [0.717, 1.165) is 24.4 Å². The van der Waals surface area contributed by atoms with Gasteiger partial charge in [-0.15, -0.1) is 0 Å². The van der Waals surface area contributed by atoms with Crippen molar-refractivity contribution in [3.05, 3.63) is 29.8 Å². The average Bonchev–Trinajstić information content (AvgIpc) is 2.39. The van der Waals surface area contributed by atoms with Crippen LogP contribution in [0, 0.1) is 6.92 Å². The molecule has 100 valence electrons. The van der Waals surface area contributed by atoms with E-state index in [9.17, 15) is 0 Å². The number of hydrogen-bond acceptors (Lipinski definition) is 4. The number of nitrogens with zero attached hydrogens (tertiary/aromatic N) is 1. The Hall–Kier alpha value is -1.10. The minimum atomic E-state index is 0.0879. The molecule has 4 nitrogen and oxygen atoms in total. The minimum Gasteiger partial charge on any atom is -0.491 e. The highest BCUT2D eigenvalue weighted by Gasteiger charge is 2.20. The van der Waals surface area contributed by atoms with E-state index in [4.69, 9.17) is 14.6 Å². The normalized spacial score (nSPS) is 20.9. The Labute approximate surface area is 108 Å². The third-order valence-electron chi connectivity index (χ3n) is 3.16. The van der Waals surface area contributed by atoms with Gasteiger partial charge in [0.05, 0.1) is 13.2 Å². The Morgan fingerprint density at radius 1 is 1.44 bits per heavy atom. The lowest BCUT2D eigenvalue weighted by atomic mass is 10.2. The lowest BCUT2D eigenvalue weighted by molar-refractivity contribution is -0.0509. The SMILES string of the molecule is Cc1ccccc1OC[C@@H]1CN(CCO)CCO1. The molecule has 0 aliphatic carbocycles. The lowest BCUT2D eigenvalue weighted by Crippen LogP contribution is -2.45. The van der Waals surface area contributed by atoms with Crippen molar-refractivity contribution in [1.82, 2.24) is 4.90 Å². The van der Waals surface area contributed by atoms with Crippen molar-refractivity contribution in [2.75, 3.05) is 39.5 Å². The van der Waals surface area contributed by atoms with Crippen molar-refractivity contribution in [3.63, 3.8) is 0 Å². The number of aryl methyl sites for hydroxylation is 1. The van der Waals surface area contributed by atoms with E-state index in [1.165, 1.54) is 0 Å². The van der Waals surface area contributed by atoms with Crippen molar-refractivity contribution in [2.24, 2.45) is 0 Å². The van der Waals surface area contributed by atoms with Crippen LogP contribution in [-0.4, -0.2) is 55.6 Å². The summed E-state index contributed by atoms with van der Waals surface area (Å²) >= 11 is 0. The number of morpholine rings is 1. The molecule has 0 spiro atoms. The summed E-state index contributed by atoms with van der Waals surface area (Å²) in [6, 6.07) is 7.99. The number of para-hydroxylation sites is 1. The molecule has 0 unspecified atom stereocenters. The van der Waals surface area contributed by atoms with Crippen molar-refractivity contribution in [1.29, 1.82) is 0 Å². The molecule has 1 heterocycles. The minimum absolute atomic E-state index is 0.0879. The van der Waals surface area contributed by atoms with Crippen molar-refractivity contribution < 1.29 is 14.6 Å². The van der Waals surface area contributed by atoms with E-state index in [1.54, 1.807) is 0 Å². The zero-order valence-corrected chi connectivity index (χ0v) is 10.8. The van der Waals surface area contributed by atoms with Gasteiger partial charge in [-0.25, -0.2) is 0 Å². The molecule has 0 saturated carbocycles. The van der Waals surface area contributed by atoms with E-state index in [1.807, 2.05) is 31.2 Å². The second-order valence-corrected chi connectivity index (χ2v) is 4.59. The zero-order valence-electron chi connectivity index (χ0n) is 10.8. The third-order valence-corrected chi connectivity index (χ3v) is 3.16. The first kappa shape index (κ1) is 13.3. The lowest BCUT2D eigenvalue weighted by Gasteiger charge is -2.32. The molecule has 0 bridgehead atoms. The van der Waals surface area contributed by atoms with Crippen LogP contribution >= 0.6 is 0 Å². The van der Waals surface area contributed by atoms with Gasteiger partial charge in [0.2, 0.25) is 0 Å². The summed E-state index contributed by atoms with van der Waals surface area (Å²) in [5, 5.41) is 8.94. The standard InChI is InChI=1S/C14H21NO3/c1-12-4-2-3-5-14(12)18-11-13-10-15(6-8-16)7-9-17-13/h2-5,13,16H,6-11H2,1H3/t13-/m0/s1. The first-order chi connectivity index (χ1) is 8.79. The third kappa shape index (κ3) is 3.70. The fraction of sp³-hybridized carbons (Fsp3) is 0.571. The number of β-amino-alcohol motifs (C(OH)–C–C–N with tert-alkyl or cyclic N) is 1. The van der Waals surface area contributed by atoms with Crippen LogP contribution in [0.5, 0.6) is 5.75 Å². The molecule has 1 aromatic carbocycles. The topological polar surface area (TPSA) is 41.9 Å². The molecule has 1 fully saturated rings. The maximum Gasteiger partial charge on any atom is 0.122 e. The molecule has 0 radical (unpaired) electrons. The van der Waals surface area contributed by atoms with E-state index < -0.39 is 0 Å². The summed E-state index contributed by atoms with van der Waals surface area (Å²) in [6.45, 7) is 5.94. The quantitative estimate of drug-likeness (QED) is 0.850. The molecule has 1 aliphatic heterocycles. The van der Waals surface area contributed by atoms with Gasteiger partial charge in [-0.2, -0.15) is 0 Å². The monoisotopic (exact) mass is 251 g/mol. The summed E-state index contributed by atoms with van der Waals surface area (Å²) in [5.74, 6) is 0.917. The Kier molecular flexibility index (Phi) is 4.99. The first-order valence-electron chi connectivity index (χ1n) is 6.43. The highest BCUT2D eigenvalue weighted by molar-refractivity contribution is 5.31. The van der Waals surface area contributed by atoms with E-state index in [0.29, 0.717) is 19.8 Å². The molecule has 2 rings (SSSR count). The molecule has 1 atom stereocenters. The van der Waals surface area contributed by atoms with Gasteiger partial charge in [-0.05, 0) is 18.6 Å². The number of ether oxygens (including phenoxy) is 2. The number of rotatable bonds is 5. The Bertz CT molecular complexity index is 368. The van der Waals surface area contributed by atoms with Crippen molar-refractivity contribution in [2.45, 2.75) is 13.0 Å². The van der Waals surface area contributed by atoms with Gasteiger partial charge in [0.15, 0.2) is 0 Å². The predicted octanol–water partition coefficient (Wildman–Crippen LogP) is 1.07. The highest BCUT2D eigenvalue weighted by atomic mass is 16.5. The van der Waals surface area contributed by atoms with Crippen LogP contribution in [0.1, 0.15) is 5.56 Å². The predicted molar refractivity (Wildman–Crippen MR) is 69.9 cm³/mol. The van der Waals surface area contributed by atoms with Gasteiger partial charge in [-0.1, -0.05) is 18.2 Å². The van der Waals surface area contributed by atoms with Crippen LogP contribution in [0.25, 0.3) is 0 Å². The maximum absolute atomic E-state index is 8.94. The Morgan fingerprint density at radius 3 is 3.06 bits per heavy atom. The maximum atomic E-state index is 8.94. The molecular formula is C14H21NO3. The van der Waals surface area contributed by atoms with E-state index in [-0.39, 0.29) is 12.7 Å². The summed E-state index contributed by atoms with van der Waals surface area (Å²) in [7, 11) is 0. The van der Waals surface area contributed by atoms with Crippen LogP contribution in [-0.2, 0) is 4.74 Å². The largest absolute Gasteiger partial charge is 0.491 e. The average molecular weight is 251 g/mol. The van der Waals surface area contributed by atoms with Crippen LogP contribution in [0.3, 0.4) is 0 Å². The summed E-state index contributed by atoms with van der Waals surface area (Å²) in [5.41, 5.74) is 1.14. The second kappa shape index (κ2) is 6.73. The van der Waals surface area contributed by atoms with Crippen molar-refractivity contribution >= 4 is 0 Å². The van der Waals surface area contributed by atoms with E-state index in [2.05, 4.69) is 4.90 Å². The fourth-order valence-electron chi connectivity index (χ4n) is 2.13. The smallest absolute Gasteiger partial charge is 0.122 e. The molecule has 1 aliphatic rings. The molecular weight excluding hydrogens is 230 g/mol. The van der Waals surface area contributed by atoms with Crippen LogP contribution in [0.4, 0.5) is 0 Å². The van der Waals surface area contributed by atoms with Gasteiger partial charge in [0, 0.05) is 19.6 Å². The second-order valence-electron chi connectivity index (χ2n) is 4.59. The number of hydrogen-bond donors (Lipinski definition) is 1. The number of aliphatic hydroxyl groups excluding tert-OH is 1. The van der Waals surface area contributed by atoms with Gasteiger partial charge in [-0.3, -0.25) is 4.90 Å². The van der Waals surface area contributed by atoms with E-state index >= 15 is 0 Å². The summed E-state index contributed by atoms with van der Waals surface area (Å²) in [6.07, 6.45) is 0.0879. The molecule has 1 N–H and O–H groups in total. The molecule has 0 aromatic heterocycles. The molecule has 1 saturated heterocycles. The Morgan fingerprint density at radius 2 is 2.28 bits per heavy atom. The van der Waals surface area contributed by atoms with Gasteiger partial charge in [0.25, 0.3) is 0 Å². The molecule has 4 heteroatoms. The zero-order chi connectivity index (χ0) is 12.8. The molecule has 18 heavy (non-hydrogen) atoms. The summed E-state index contributed by atoms with van der Waals surface area (Å²) < 4.78 is 11.5. The fourth-order valence-corrected chi connectivity index (χ4v) is 2.13. The molecule has 1 aromatic rings. The van der Waals surface area contributed by atoms with Gasteiger partial charge in [0.1, 0.15) is 18.5 Å². The first-order valence-corrected chi connectivity index (χ1v) is 6.43. The number of aliphatic hydroxyl groups is 1. The Balaban J connectivity index is 1.81. The molecule has 0 amide bonds. The van der Waals surface area contributed by atoms with Gasteiger partial charge >= 0.3 is 0 Å². The van der Waals surface area contributed by atoms with Crippen LogP contribution in [0.2, 0.25) is 0 Å². The highest BCUT2D eigenvalue weighted by Crippen LogP contribution is 2.17. The number of benzene rings is 1. The van der Waals surface area contributed by atoms with Crippen LogP contribution in [0.15, 0.2) is 24.3 Å². The van der Waals surface area contributed by atoms with Gasteiger partial charge < -0.3 is 14.6 Å².